The Morgan fingerprint density at radius 2 is 1.73 bits per heavy atom. The minimum atomic E-state index is -0.00153. The summed E-state index contributed by atoms with van der Waals surface area (Å²) in [6, 6.07) is 15.6. The van der Waals surface area contributed by atoms with Crippen LogP contribution in [0.3, 0.4) is 0 Å². The van der Waals surface area contributed by atoms with E-state index in [9.17, 15) is 4.79 Å². The van der Waals surface area contributed by atoms with Crippen LogP contribution in [0, 0.1) is 0 Å². The van der Waals surface area contributed by atoms with Gasteiger partial charge in [-0.1, -0.05) is 36.4 Å². The number of benzene rings is 2. The third kappa shape index (κ3) is 3.79. The van der Waals surface area contributed by atoms with Gasteiger partial charge in [-0.25, -0.2) is 0 Å². The molecule has 0 spiro atoms. The molecule has 4 heteroatoms. The lowest BCUT2D eigenvalue weighted by molar-refractivity contribution is -0.120. The van der Waals surface area contributed by atoms with E-state index < -0.39 is 0 Å². The molecule has 0 aromatic heterocycles. The first-order valence-corrected chi connectivity index (χ1v) is 7.50. The zero-order valence-corrected chi connectivity index (χ0v) is 12.4. The minimum Gasteiger partial charge on any atom is -0.490 e. The number of carbonyl (C=O) groups excluding carboxylic acids is 1. The molecular weight excluding hydrogens is 278 g/mol. The fourth-order valence-corrected chi connectivity index (χ4v) is 2.36. The van der Waals surface area contributed by atoms with Gasteiger partial charge in [-0.05, 0) is 23.3 Å². The summed E-state index contributed by atoms with van der Waals surface area (Å²) in [4.78, 5) is 12.0. The molecule has 4 nitrogen and oxygen atoms in total. The summed E-state index contributed by atoms with van der Waals surface area (Å²) in [5, 5.41) is 2.93. The Kier molecular flexibility index (Phi) is 4.59. The molecule has 22 heavy (non-hydrogen) atoms. The molecule has 0 fully saturated rings. The number of rotatable bonds is 4. The molecule has 0 unspecified atom stereocenters. The molecule has 114 valence electrons. The van der Waals surface area contributed by atoms with E-state index in [2.05, 4.69) is 5.32 Å². The monoisotopic (exact) mass is 297 g/mol. The second-order valence-corrected chi connectivity index (χ2v) is 5.27. The van der Waals surface area contributed by atoms with Crippen molar-refractivity contribution in [1.29, 1.82) is 0 Å². The maximum atomic E-state index is 12.0. The van der Waals surface area contributed by atoms with Crippen molar-refractivity contribution in [3.63, 3.8) is 0 Å². The van der Waals surface area contributed by atoms with E-state index in [0.717, 1.165) is 29.0 Å². The van der Waals surface area contributed by atoms with E-state index in [-0.39, 0.29) is 5.91 Å². The summed E-state index contributed by atoms with van der Waals surface area (Å²) < 4.78 is 11.2. The molecule has 1 amide bonds. The van der Waals surface area contributed by atoms with E-state index in [4.69, 9.17) is 9.47 Å². The second kappa shape index (κ2) is 6.98. The van der Waals surface area contributed by atoms with Crippen molar-refractivity contribution in [3.05, 3.63) is 59.7 Å². The highest BCUT2D eigenvalue weighted by Gasteiger charge is 2.12. The Balaban J connectivity index is 1.58. The van der Waals surface area contributed by atoms with Gasteiger partial charge < -0.3 is 14.8 Å². The molecule has 3 rings (SSSR count). The summed E-state index contributed by atoms with van der Waals surface area (Å²) in [7, 11) is 0. The van der Waals surface area contributed by atoms with Gasteiger partial charge in [0.2, 0.25) is 5.91 Å². The van der Waals surface area contributed by atoms with Crippen LogP contribution in [-0.4, -0.2) is 19.1 Å². The summed E-state index contributed by atoms with van der Waals surface area (Å²) >= 11 is 0. The first-order valence-electron chi connectivity index (χ1n) is 7.50. The first kappa shape index (κ1) is 14.4. The maximum absolute atomic E-state index is 12.0. The Bertz CT molecular complexity index is 640. The van der Waals surface area contributed by atoms with Crippen LogP contribution in [0.2, 0.25) is 0 Å². The van der Waals surface area contributed by atoms with E-state index in [0.29, 0.717) is 26.2 Å². The maximum Gasteiger partial charge on any atom is 0.224 e. The lowest BCUT2D eigenvalue weighted by atomic mass is 10.1. The van der Waals surface area contributed by atoms with Gasteiger partial charge in [-0.3, -0.25) is 4.79 Å². The highest BCUT2D eigenvalue weighted by molar-refractivity contribution is 5.78. The number of hydrogen-bond acceptors (Lipinski definition) is 3. The number of ether oxygens (including phenoxy) is 2. The molecule has 1 aliphatic rings. The molecule has 0 radical (unpaired) electrons. The number of hydrogen-bond donors (Lipinski definition) is 1. The van der Waals surface area contributed by atoms with Crippen molar-refractivity contribution < 1.29 is 14.3 Å². The van der Waals surface area contributed by atoms with Gasteiger partial charge in [0.15, 0.2) is 11.5 Å². The average molecular weight is 297 g/mol. The minimum absolute atomic E-state index is 0.00153. The molecule has 0 saturated heterocycles. The van der Waals surface area contributed by atoms with E-state index >= 15 is 0 Å². The van der Waals surface area contributed by atoms with Crippen LogP contribution in [0.15, 0.2) is 48.5 Å². The standard InChI is InChI=1S/C18H19NO3/c20-18(19-13-14-5-2-1-3-6-14)12-15-7-8-16-17(11-15)22-10-4-9-21-16/h1-3,5-8,11H,4,9-10,12-13H2,(H,19,20). The van der Waals surface area contributed by atoms with Gasteiger partial charge in [0.25, 0.3) is 0 Å². The zero-order valence-electron chi connectivity index (χ0n) is 12.4. The molecule has 1 aliphatic heterocycles. The number of fused-ring (bicyclic) bond motifs is 1. The van der Waals surface area contributed by atoms with Crippen LogP contribution < -0.4 is 14.8 Å². The van der Waals surface area contributed by atoms with Gasteiger partial charge in [-0.2, -0.15) is 0 Å². The fourth-order valence-electron chi connectivity index (χ4n) is 2.36. The normalized spacial score (nSPS) is 13.3. The first-order chi connectivity index (χ1) is 10.8. The van der Waals surface area contributed by atoms with Crippen molar-refractivity contribution >= 4 is 5.91 Å². The fraction of sp³-hybridized carbons (Fsp3) is 0.278. The van der Waals surface area contributed by atoms with Gasteiger partial charge in [-0.15, -0.1) is 0 Å². The Morgan fingerprint density at radius 3 is 2.55 bits per heavy atom. The third-order valence-corrected chi connectivity index (χ3v) is 3.51. The Morgan fingerprint density at radius 1 is 0.955 bits per heavy atom. The zero-order chi connectivity index (χ0) is 15.2. The van der Waals surface area contributed by atoms with Crippen LogP contribution in [-0.2, 0) is 17.8 Å². The van der Waals surface area contributed by atoms with Crippen molar-refractivity contribution in [1.82, 2.24) is 5.32 Å². The molecular formula is C18H19NO3. The van der Waals surface area contributed by atoms with Gasteiger partial charge >= 0.3 is 0 Å². The number of carbonyl (C=O) groups is 1. The Labute approximate surface area is 130 Å². The topological polar surface area (TPSA) is 47.6 Å². The van der Waals surface area contributed by atoms with Crippen molar-refractivity contribution in [2.45, 2.75) is 19.4 Å². The predicted molar refractivity (Wildman–Crippen MR) is 84.0 cm³/mol. The van der Waals surface area contributed by atoms with Crippen LogP contribution in [0.5, 0.6) is 11.5 Å². The van der Waals surface area contributed by atoms with Gasteiger partial charge in [0.05, 0.1) is 19.6 Å². The molecule has 0 bridgehead atoms. The molecule has 0 saturated carbocycles. The Hall–Kier alpha value is -2.49. The van der Waals surface area contributed by atoms with Crippen LogP contribution in [0.25, 0.3) is 0 Å². The highest BCUT2D eigenvalue weighted by atomic mass is 16.5. The van der Waals surface area contributed by atoms with E-state index in [1.807, 2.05) is 48.5 Å². The predicted octanol–water partition coefficient (Wildman–Crippen LogP) is 2.71. The largest absolute Gasteiger partial charge is 0.490 e. The number of nitrogens with one attached hydrogen (secondary N) is 1. The summed E-state index contributed by atoms with van der Waals surface area (Å²) in [6.45, 7) is 1.87. The summed E-state index contributed by atoms with van der Waals surface area (Å²) in [5.74, 6) is 1.48. The van der Waals surface area contributed by atoms with Gasteiger partial charge in [0, 0.05) is 13.0 Å². The summed E-state index contributed by atoms with van der Waals surface area (Å²) in [5.41, 5.74) is 2.02. The van der Waals surface area contributed by atoms with E-state index in [1.165, 1.54) is 0 Å². The van der Waals surface area contributed by atoms with Gasteiger partial charge in [0.1, 0.15) is 0 Å². The lowest BCUT2D eigenvalue weighted by Gasteiger charge is -2.10. The smallest absolute Gasteiger partial charge is 0.224 e. The third-order valence-electron chi connectivity index (χ3n) is 3.51. The van der Waals surface area contributed by atoms with Crippen molar-refractivity contribution in [3.8, 4) is 11.5 Å². The molecule has 1 heterocycles. The molecule has 1 N–H and O–H groups in total. The van der Waals surface area contributed by atoms with Crippen LogP contribution in [0.4, 0.5) is 0 Å². The molecule has 0 atom stereocenters. The van der Waals surface area contributed by atoms with Crippen LogP contribution in [0.1, 0.15) is 17.5 Å². The highest BCUT2D eigenvalue weighted by Crippen LogP contribution is 2.30. The van der Waals surface area contributed by atoms with Crippen LogP contribution >= 0.6 is 0 Å². The SMILES string of the molecule is O=C(Cc1ccc2c(c1)OCCCO2)NCc1ccccc1. The lowest BCUT2D eigenvalue weighted by Crippen LogP contribution is -2.24. The molecule has 2 aromatic rings. The average Bonchev–Trinajstić information content (AvgIpc) is 2.79. The van der Waals surface area contributed by atoms with Crippen molar-refractivity contribution in [2.75, 3.05) is 13.2 Å². The van der Waals surface area contributed by atoms with Crippen molar-refractivity contribution in [2.24, 2.45) is 0 Å². The second-order valence-electron chi connectivity index (χ2n) is 5.27. The quantitative estimate of drug-likeness (QED) is 0.944. The molecule has 2 aromatic carbocycles. The van der Waals surface area contributed by atoms with E-state index in [1.54, 1.807) is 0 Å². The summed E-state index contributed by atoms with van der Waals surface area (Å²) in [6.07, 6.45) is 1.21. The molecule has 0 aliphatic carbocycles. The number of amides is 1.